The quantitative estimate of drug-likeness (QED) is 0.462. The molecule has 0 spiro atoms. The van der Waals surface area contributed by atoms with Gasteiger partial charge in [-0.1, -0.05) is 43.8 Å². The van der Waals surface area contributed by atoms with E-state index < -0.39 is 25.3 Å². The van der Waals surface area contributed by atoms with Gasteiger partial charge in [0.1, 0.15) is 13.0 Å². The fourth-order valence-corrected chi connectivity index (χ4v) is 4.26. The Labute approximate surface area is 154 Å². The van der Waals surface area contributed by atoms with Crippen LogP contribution in [-0.2, 0) is 11.3 Å². The molecule has 2 N–H and O–H groups in total. The second-order valence-electron chi connectivity index (χ2n) is 6.44. The van der Waals surface area contributed by atoms with Gasteiger partial charge in [0.2, 0.25) is 0 Å². The molecule has 1 unspecified atom stereocenters. The molecule has 0 amide bonds. The van der Waals surface area contributed by atoms with Crippen LogP contribution >= 0.6 is 11.3 Å². The molecule has 0 aliphatic rings. The van der Waals surface area contributed by atoms with Crippen LogP contribution in [0.1, 0.15) is 20.1 Å². The van der Waals surface area contributed by atoms with Gasteiger partial charge in [-0.25, -0.2) is 13.3 Å². The summed E-state index contributed by atoms with van der Waals surface area (Å²) in [6.07, 6.45) is 0. The van der Waals surface area contributed by atoms with Gasteiger partial charge in [0.15, 0.2) is 0 Å². The number of benzene rings is 1. The van der Waals surface area contributed by atoms with Gasteiger partial charge in [-0.3, -0.25) is 4.55 Å². The van der Waals surface area contributed by atoms with Gasteiger partial charge >= 0.3 is 5.97 Å². The second-order valence-corrected chi connectivity index (χ2v) is 13.1. The smallest absolute Gasteiger partial charge is 0.348 e. The molecule has 132 valence electrons. The van der Waals surface area contributed by atoms with Crippen molar-refractivity contribution in [1.29, 1.82) is 0 Å². The summed E-state index contributed by atoms with van der Waals surface area (Å²) >= 11 is -1.40. The van der Waals surface area contributed by atoms with Crippen molar-refractivity contribution in [1.82, 2.24) is 0 Å². The SMILES string of the molecule is Cc1ccccc1N(c1cc(C#C[Si](C)(C)C)sc1C(=O)O)S(=O)O. The Balaban J connectivity index is 2.63. The highest BCUT2D eigenvalue weighted by Crippen LogP contribution is 2.37. The maximum atomic E-state index is 12.0. The minimum atomic E-state index is -2.41. The van der Waals surface area contributed by atoms with Crippen LogP contribution in [0.15, 0.2) is 30.3 Å². The van der Waals surface area contributed by atoms with Crippen molar-refractivity contribution in [3.05, 3.63) is 45.6 Å². The lowest BCUT2D eigenvalue weighted by molar-refractivity contribution is 0.0703. The van der Waals surface area contributed by atoms with Crippen molar-refractivity contribution in [2.24, 2.45) is 0 Å². The van der Waals surface area contributed by atoms with Crippen molar-refractivity contribution in [2.75, 3.05) is 4.31 Å². The molecular formula is C17H19NO4S2Si. The van der Waals surface area contributed by atoms with E-state index >= 15 is 0 Å². The first-order valence-electron chi connectivity index (χ1n) is 7.47. The fraction of sp³-hybridized carbons (Fsp3) is 0.235. The van der Waals surface area contributed by atoms with Crippen LogP contribution in [0, 0.1) is 18.4 Å². The Morgan fingerprint density at radius 3 is 2.40 bits per heavy atom. The molecule has 8 heteroatoms. The van der Waals surface area contributed by atoms with Crippen LogP contribution in [0.4, 0.5) is 11.4 Å². The molecule has 1 heterocycles. The predicted octanol–water partition coefficient (Wildman–Crippen LogP) is 4.26. The van der Waals surface area contributed by atoms with Crippen molar-refractivity contribution in [3.63, 3.8) is 0 Å². The average molecular weight is 394 g/mol. The third-order valence-electron chi connectivity index (χ3n) is 3.18. The van der Waals surface area contributed by atoms with E-state index in [1.807, 2.05) is 6.07 Å². The number of thiophene rings is 1. The highest BCUT2D eigenvalue weighted by atomic mass is 32.2. The molecule has 0 fully saturated rings. The lowest BCUT2D eigenvalue weighted by Crippen LogP contribution is -2.21. The van der Waals surface area contributed by atoms with E-state index in [2.05, 4.69) is 31.1 Å². The van der Waals surface area contributed by atoms with E-state index in [1.165, 1.54) is 0 Å². The van der Waals surface area contributed by atoms with Crippen molar-refractivity contribution in [2.45, 2.75) is 26.6 Å². The summed E-state index contributed by atoms with van der Waals surface area (Å²) in [5, 5.41) is 9.52. The molecule has 2 rings (SSSR count). The van der Waals surface area contributed by atoms with Gasteiger partial charge in [-0.2, -0.15) is 0 Å². The summed E-state index contributed by atoms with van der Waals surface area (Å²) in [6, 6.07) is 8.60. The van der Waals surface area contributed by atoms with Gasteiger partial charge in [0.25, 0.3) is 11.3 Å². The number of para-hydroxylation sites is 1. The first kappa shape index (κ1) is 19.4. The number of hydrogen-bond acceptors (Lipinski definition) is 3. The molecule has 1 aromatic carbocycles. The molecule has 1 aromatic heterocycles. The predicted molar refractivity (Wildman–Crippen MR) is 106 cm³/mol. The van der Waals surface area contributed by atoms with Gasteiger partial charge < -0.3 is 5.11 Å². The Morgan fingerprint density at radius 2 is 1.88 bits per heavy atom. The Bertz CT molecular complexity index is 890. The zero-order valence-electron chi connectivity index (χ0n) is 14.4. The monoisotopic (exact) mass is 393 g/mol. The molecule has 25 heavy (non-hydrogen) atoms. The molecular weight excluding hydrogens is 374 g/mol. The highest BCUT2D eigenvalue weighted by molar-refractivity contribution is 7.81. The van der Waals surface area contributed by atoms with Crippen LogP contribution in [0.3, 0.4) is 0 Å². The first-order valence-corrected chi connectivity index (χ1v) is 12.8. The Morgan fingerprint density at radius 1 is 1.24 bits per heavy atom. The van der Waals surface area contributed by atoms with Crippen LogP contribution < -0.4 is 4.31 Å². The Hall–Kier alpha value is -1.92. The molecule has 0 saturated carbocycles. The van der Waals surface area contributed by atoms with Gasteiger partial charge in [-0.05, 0) is 24.6 Å². The van der Waals surface area contributed by atoms with Crippen LogP contribution in [-0.4, -0.2) is 27.9 Å². The van der Waals surface area contributed by atoms with E-state index in [9.17, 15) is 18.7 Å². The maximum Gasteiger partial charge on any atom is 0.348 e. The number of carboxylic acid groups (broad SMARTS) is 1. The number of aromatic carboxylic acids is 1. The molecule has 5 nitrogen and oxygen atoms in total. The number of hydrogen-bond donors (Lipinski definition) is 2. The van der Waals surface area contributed by atoms with Crippen LogP contribution in [0.25, 0.3) is 0 Å². The number of rotatable bonds is 4. The van der Waals surface area contributed by atoms with E-state index in [-0.39, 0.29) is 10.6 Å². The number of aryl methyl sites for hydroxylation is 1. The summed E-state index contributed by atoms with van der Waals surface area (Å²) in [5.41, 5.74) is 4.61. The van der Waals surface area contributed by atoms with Crippen molar-refractivity contribution < 1.29 is 18.7 Å². The zero-order valence-corrected chi connectivity index (χ0v) is 17.0. The van der Waals surface area contributed by atoms with Crippen LogP contribution in [0.5, 0.6) is 0 Å². The van der Waals surface area contributed by atoms with E-state index in [4.69, 9.17) is 0 Å². The summed E-state index contributed by atoms with van der Waals surface area (Å²) in [5.74, 6) is 1.87. The number of carboxylic acids is 1. The number of carbonyl (C=O) groups is 1. The first-order chi connectivity index (χ1) is 11.6. The summed E-state index contributed by atoms with van der Waals surface area (Å²) in [7, 11) is -1.62. The van der Waals surface area contributed by atoms with Gasteiger partial charge in [0, 0.05) is 0 Å². The van der Waals surface area contributed by atoms with Crippen molar-refractivity contribution in [3.8, 4) is 11.5 Å². The topological polar surface area (TPSA) is 77.8 Å². The maximum absolute atomic E-state index is 12.0. The molecule has 0 bridgehead atoms. The minimum Gasteiger partial charge on any atom is -0.477 e. The molecule has 2 aromatic rings. The Kier molecular flexibility index (Phi) is 5.85. The van der Waals surface area contributed by atoms with E-state index in [1.54, 1.807) is 31.2 Å². The molecule has 0 aliphatic carbocycles. The summed E-state index contributed by atoms with van der Waals surface area (Å²) < 4.78 is 22.9. The third kappa shape index (κ3) is 4.80. The highest BCUT2D eigenvalue weighted by Gasteiger charge is 2.26. The third-order valence-corrected chi connectivity index (χ3v) is 5.79. The zero-order chi connectivity index (χ0) is 18.8. The van der Waals surface area contributed by atoms with E-state index in [0.29, 0.717) is 10.6 Å². The summed E-state index contributed by atoms with van der Waals surface area (Å²) in [6.45, 7) is 8.08. The average Bonchev–Trinajstić information content (AvgIpc) is 2.90. The number of nitrogens with zero attached hydrogens (tertiary/aromatic N) is 1. The molecule has 1 atom stereocenters. The molecule has 0 radical (unpaired) electrons. The lowest BCUT2D eigenvalue weighted by Gasteiger charge is -2.21. The van der Waals surface area contributed by atoms with Crippen LogP contribution in [0.2, 0.25) is 19.6 Å². The standard InChI is InChI=1S/C17H19NO4S2Si/c1-12-7-5-6-8-14(12)18(24(21)22)15-11-13(9-10-25(2,3)4)23-16(15)17(19)20/h5-8,11H,1-4H3,(H,19,20)(H,21,22). The molecule has 0 aliphatic heterocycles. The normalized spacial score (nSPS) is 12.2. The second kappa shape index (κ2) is 7.54. The van der Waals surface area contributed by atoms with Crippen molar-refractivity contribution >= 4 is 48.0 Å². The molecule has 0 saturated heterocycles. The number of anilines is 2. The lowest BCUT2D eigenvalue weighted by atomic mass is 10.2. The fourth-order valence-electron chi connectivity index (χ4n) is 2.09. The summed E-state index contributed by atoms with van der Waals surface area (Å²) in [4.78, 5) is 12.2. The largest absolute Gasteiger partial charge is 0.477 e. The minimum absolute atomic E-state index is 0.00877. The van der Waals surface area contributed by atoms with Gasteiger partial charge in [-0.15, -0.1) is 16.9 Å². The van der Waals surface area contributed by atoms with Gasteiger partial charge in [0.05, 0.1) is 16.3 Å². The van der Waals surface area contributed by atoms with E-state index in [0.717, 1.165) is 21.2 Å².